The van der Waals surface area contributed by atoms with Crippen LogP contribution in [0.2, 0.25) is 5.02 Å². The van der Waals surface area contributed by atoms with Crippen LogP contribution in [0.5, 0.6) is 0 Å². The maximum absolute atomic E-state index is 13.1. The van der Waals surface area contributed by atoms with Crippen LogP contribution in [0.1, 0.15) is 10.6 Å². The van der Waals surface area contributed by atoms with E-state index in [0.717, 1.165) is 41.5 Å². The second-order valence-corrected chi connectivity index (χ2v) is 8.44. The number of amides is 1. The third kappa shape index (κ3) is 5.14. The Bertz CT molecular complexity index is 1040. The smallest absolute Gasteiger partial charge is 0.246 e. The molecular formula is C23H21ClFN3OS. The largest absolute Gasteiger partial charge is 0.337 e. The number of rotatable bonds is 5. The maximum Gasteiger partial charge on any atom is 0.246 e. The molecule has 1 fully saturated rings. The van der Waals surface area contributed by atoms with Crippen molar-refractivity contribution in [2.75, 3.05) is 26.2 Å². The first-order valence-electron chi connectivity index (χ1n) is 9.73. The van der Waals surface area contributed by atoms with Gasteiger partial charge in [-0.2, -0.15) is 0 Å². The standard InChI is InChI=1S/C23H21ClFN3OS/c24-20-4-2-1-3-17(20)7-10-23(29)28-13-11-27(12-14-28)15-22-26-21(16-30-22)18-5-8-19(25)9-6-18/h1-10,16H,11-15H2/b10-7+. The Labute approximate surface area is 184 Å². The first kappa shape index (κ1) is 20.7. The van der Waals surface area contributed by atoms with Gasteiger partial charge in [0.05, 0.1) is 12.2 Å². The number of hydrogen-bond donors (Lipinski definition) is 0. The molecular weight excluding hydrogens is 421 g/mol. The lowest BCUT2D eigenvalue weighted by molar-refractivity contribution is -0.127. The van der Waals surface area contributed by atoms with Gasteiger partial charge >= 0.3 is 0 Å². The van der Waals surface area contributed by atoms with Crippen molar-refractivity contribution >= 4 is 34.9 Å². The van der Waals surface area contributed by atoms with Crippen LogP contribution >= 0.6 is 22.9 Å². The summed E-state index contributed by atoms with van der Waals surface area (Å²) in [5.74, 6) is -0.245. The molecule has 4 nitrogen and oxygen atoms in total. The molecule has 0 N–H and O–H groups in total. The molecule has 1 amide bonds. The van der Waals surface area contributed by atoms with Crippen molar-refractivity contribution in [2.24, 2.45) is 0 Å². The van der Waals surface area contributed by atoms with Crippen molar-refractivity contribution in [2.45, 2.75) is 6.54 Å². The Morgan fingerprint density at radius 2 is 1.83 bits per heavy atom. The number of aromatic nitrogens is 1. The summed E-state index contributed by atoms with van der Waals surface area (Å²) in [5, 5.41) is 3.66. The first-order valence-corrected chi connectivity index (χ1v) is 11.0. The fourth-order valence-electron chi connectivity index (χ4n) is 3.33. The molecule has 0 radical (unpaired) electrons. The number of hydrogen-bond acceptors (Lipinski definition) is 4. The molecule has 0 bridgehead atoms. The highest BCUT2D eigenvalue weighted by Crippen LogP contribution is 2.23. The quantitative estimate of drug-likeness (QED) is 0.525. The van der Waals surface area contributed by atoms with Gasteiger partial charge in [-0.15, -0.1) is 11.3 Å². The van der Waals surface area contributed by atoms with E-state index in [9.17, 15) is 9.18 Å². The topological polar surface area (TPSA) is 36.4 Å². The monoisotopic (exact) mass is 441 g/mol. The van der Waals surface area contributed by atoms with Crippen LogP contribution in [0.25, 0.3) is 17.3 Å². The van der Waals surface area contributed by atoms with Gasteiger partial charge in [0.15, 0.2) is 0 Å². The zero-order valence-corrected chi connectivity index (χ0v) is 17.9. The number of carbonyl (C=O) groups is 1. The first-order chi connectivity index (χ1) is 14.6. The highest BCUT2D eigenvalue weighted by molar-refractivity contribution is 7.09. The summed E-state index contributed by atoms with van der Waals surface area (Å²) < 4.78 is 13.1. The lowest BCUT2D eigenvalue weighted by Gasteiger charge is -2.33. The van der Waals surface area contributed by atoms with Gasteiger partial charge in [-0.05, 0) is 42.0 Å². The van der Waals surface area contributed by atoms with Gasteiger partial charge in [0.1, 0.15) is 10.8 Å². The van der Waals surface area contributed by atoms with Crippen LogP contribution in [0.15, 0.2) is 60.0 Å². The predicted molar refractivity (Wildman–Crippen MR) is 120 cm³/mol. The molecule has 7 heteroatoms. The summed E-state index contributed by atoms with van der Waals surface area (Å²) in [6, 6.07) is 13.8. The van der Waals surface area contributed by atoms with Crippen molar-refractivity contribution in [3.05, 3.63) is 81.4 Å². The second-order valence-electron chi connectivity index (χ2n) is 7.09. The van der Waals surface area contributed by atoms with Crippen LogP contribution in [0, 0.1) is 5.82 Å². The minimum Gasteiger partial charge on any atom is -0.337 e. The van der Waals surface area contributed by atoms with Crippen LogP contribution in [0.3, 0.4) is 0 Å². The van der Waals surface area contributed by atoms with Crippen molar-refractivity contribution in [1.29, 1.82) is 0 Å². The Hall–Kier alpha value is -2.54. The van der Waals surface area contributed by atoms with Gasteiger partial charge in [0.2, 0.25) is 5.91 Å². The van der Waals surface area contributed by atoms with Crippen molar-refractivity contribution < 1.29 is 9.18 Å². The molecule has 2 aromatic carbocycles. The predicted octanol–water partition coefficient (Wildman–Crippen LogP) is 4.96. The molecule has 2 heterocycles. The van der Waals surface area contributed by atoms with Crippen molar-refractivity contribution in [3.63, 3.8) is 0 Å². The third-order valence-electron chi connectivity index (χ3n) is 5.05. The van der Waals surface area contributed by atoms with Crippen LogP contribution in [-0.4, -0.2) is 46.9 Å². The van der Waals surface area contributed by atoms with Gasteiger partial charge < -0.3 is 4.90 Å². The normalized spacial score (nSPS) is 15.1. The third-order valence-corrected chi connectivity index (χ3v) is 6.22. The highest BCUT2D eigenvalue weighted by Gasteiger charge is 2.20. The molecule has 4 rings (SSSR count). The molecule has 0 saturated carbocycles. The lowest BCUT2D eigenvalue weighted by atomic mass is 10.2. The average molecular weight is 442 g/mol. The van der Waals surface area contributed by atoms with Crippen LogP contribution in [0.4, 0.5) is 4.39 Å². The molecule has 1 aliphatic rings. The summed E-state index contributed by atoms with van der Waals surface area (Å²) in [6.45, 7) is 3.72. The molecule has 3 aromatic rings. The summed E-state index contributed by atoms with van der Waals surface area (Å²) in [7, 11) is 0. The van der Waals surface area contributed by atoms with Gasteiger partial charge in [-0.25, -0.2) is 9.37 Å². The number of halogens is 2. The van der Waals surface area contributed by atoms with Gasteiger partial charge in [-0.3, -0.25) is 9.69 Å². The zero-order chi connectivity index (χ0) is 20.9. The Morgan fingerprint density at radius 1 is 1.10 bits per heavy atom. The molecule has 1 aliphatic heterocycles. The number of thiazole rings is 1. The molecule has 0 unspecified atom stereocenters. The van der Waals surface area contributed by atoms with E-state index in [1.807, 2.05) is 34.5 Å². The fraction of sp³-hybridized carbons (Fsp3) is 0.217. The van der Waals surface area contributed by atoms with E-state index in [1.54, 1.807) is 35.6 Å². The second kappa shape index (κ2) is 9.51. The van der Waals surface area contributed by atoms with E-state index in [1.165, 1.54) is 12.1 Å². The number of piperazine rings is 1. The Balaban J connectivity index is 1.29. The van der Waals surface area contributed by atoms with Gasteiger partial charge in [0.25, 0.3) is 0 Å². The van der Waals surface area contributed by atoms with E-state index in [0.29, 0.717) is 18.1 Å². The maximum atomic E-state index is 13.1. The number of benzene rings is 2. The van der Waals surface area contributed by atoms with Crippen LogP contribution in [-0.2, 0) is 11.3 Å². The minimum atomic E-state index is -0.247. The van der Waals surface area contributed by atoms with E-state index in [4.69, 9.17) is 11.6 Å². The molecule has 1 saturated heterocycles. The number of carbonyl (C=O) groups excluding carboxylic acids is 1. The van der Waals surface area contributed by atoms with Gasteiger partial charge in [0, 0.05) is 48.2 Å². The van der Waals surface area contributed by atoms with Crippen LogP contribution < -0.4 is 0 Å². The molecule has 0 aliphatic carbocycles. The Kier molecular flexibility index (Phi) is 6.57. The average Bonchev–Trinajstić information content (AvgIpc) is 3.22. The number of nitrogens with zero attached hydrogens (tertiary/aromatic N) is 3. The summed E-state index contributed by atoms with van der Waals surface area (Å²) >= 11 is 7.74. The molecule has 30 heavy (non-hydrogen) atoms. The molecule has 0 atom stereocenters. The van der Waals surface area contributed by atoms with Gasteiger partial charge in [-0.1, -0.05) is 29.8 Å². The zero-order valence-electron chi connectivity index (χ0n) is 16.3. The fourth-order valence-corrected chi connectivity index (χ4v) is 4.37. The Morgan fingerprint density at radius 3 is 2.57 bits per heavy atom. The summed E-state index contributed by atoms with van der Waals surface area (Å²) in [4.78, 5) is 21.3. The van der Waals surface area contributed by atoms with Crippen molar-refractivity contribution in [3.8, 4) is 11.3 Å². The van der Waals surface area contributed by atoms with Crippen molar-refractivity contribution in [1.82, 2.24) is 14.8 Å². The molecule has 1 aromatic heterocycles. The van der Waals surface area contributed by atoms with E-state index in [2.05, 4.69) is 9.88 Å². The lowest BCUT2D eigenvalue weighted by Crippen LogP contribution is -2.47. The SMILES string of the molecule is O=C(/C=C/c1ccccc1Cl)N1CCN(Cc2nc(-c3ccc(F)cc3)cs2)CC1. The molecule has 0 spiro atoms. The minimum absolute atomic E-state index is 0.00224. The van der Waals surface area contributed by atoms with E-state index >= 15 is 0 Å². The molecule has 154 valence electrons. The van der Waals surface area contributed by atoms with E-state index < -0.39 is 0 Å². The van der Waals surface area contributed by atoms with E-state index in [-0.39, 0.29) is 11.7 Å². The highest BCUT2D eigenvalue weighted by atomic mass is 35.5. The summed E-state index contributed by atoms with van der Waals surface area (Å²) in [5.41, 5.74) is 2.63. The summed E-state index contributed by atoms with van der Waals surface area (Å²) in [6.07, 6.45) is 3.36.